The van der Waals surface area contributed by atoms with Gasteiger partial charge in [0.15, 0.2) is 0 Å². The van der Waals surface area contributed by atoms with E-state index in [9.17, 15) is 4.79 Å². The van der Waals surface area contributed by atoms with Gasteiger partial charge in [-0.1, -0.05) is 31.9 Å². The maximum atomic E-state index is 10.8. The average Bonchev–Trinajstić information content (AvgIpc) is 2.94. The molecule has 1 atom stereocenters. The van der Waals surface area contributed by atoms with Gasteiger partial charge in [0.25, 0.3) is 0 Å². The zero-order valence-corrected chi connectivity index (χ0v) is 11.6. The smallest absolute Gasteiger partial charge is 0.335 e. The maximum absolute atomic E-state index is 10.8. The van der Waals surface area contributed by atoms with Crippen LogP contribution in [0.1, 0.15) is 54.9 Å². The van der Waals surface area contributed by atoms with Crippen molar-refractivity contribution < 1.29 is 9.90 Å². The van der Waals surface area contributed by atoms with Gasteiger partial charge in [-0.05, 0) is 42.9 Å². The molecule has 0 radical (unpaired) electrons. The Bertz CT molecular complexity index is 407. The van der Waals surface area contributed by atoms with Crippen LogP contribution in [-0.2, 0) is 6.54 Å². The number of hydrogen-bond acceptors (Lipinski definition) is 2. The van der Waals surface area contributed by atoms with Gasteiger partial charge in [0.05, 0.1) is 5.56 Å². The van der Waals surface area contributed by atoms with Gasteiger partial charge in [0.1, 0.15) is 0 Å². The van der Waals surface area contributed by atoms with E-state index in [1.165, 1.54) is 25.7 Å². The van der Waals surface area contributed by atoms with E-state index < -0.39 is 5.97 Å². The minimum atomic E-state index is -0.864. The molecule has 19 heavy (non-hydrogen) atoms. The lowest BCUT2D eigenvalue weighted by molar-refractivity contribution is 0.0697. The summed E-state index contributed by atoms with van der Waals surface area (Å²) in [5.41, 5.74) is 1.51. The molecule has 0 spiro atoms. The van der Waals surface area contributed by atoms with Crippen LogP contribution >= 0.6 is 0 Å². The molecule has 1 fully saturated rings. The van der Waals surface area contributed by atoms with Crippen molar-refractivity contribution in [2.75, 3.05) is 0 Å². The first kappa shape index (κ1) is 14.1. The molecule has 1 aromatic carbocycles. The first-order chi connectivity index (χ1) is 9.20. The zero-order valence-electron chi connectivity index (χ0n) is 11.6. The molecule has 2 rings (SSSR count). The van der Waals surface area contributed by atoms with E-state index >= 15 is 0 Å². The van der Waals surface area contributed by atoms with Crippen LogP contribution in [0.2, 0.25) is 0 Å². The number of benzene rings is 1. The van der Waals surface area contributed by atoms with E-state index in [-0.39, 0.29) is 0 Å². The Hall–Kier alpha value is -1.35. The predicted molar refractivity (Wildman–Crippen MR) is 76.3 cm³/mol. The number of carboxylic acids is 1. The van der Waals surface area contributed by atoms with Crippen LogP contribution < -0.4 is 5.32 Å². The van der Waals surface area contributed by atoms with Crippen molar-refractivity contribution in [1.82, 2.24) is 5.32 Å². The third kappa shape index (κ3) is 3.80. The van der Waals surface area contributed by atoms with E-state index in [0.717, 1.165) is 24.4 Å². The summed E-state index contributed by atoms with van der Waals surface area (Å²) >= 11 is 0. The standard InChI is InChI=1S/C16H23NO2/c1-2-15(13-5-3-4-6-13)17-11-12-7-9-14(10-8-12)16(18)19/h7-10,13,15,17H,2-6,11H2,1H3,(H,18,19). The van der Waals surface area contributed by atoms with Gasteiger partial charge in [0.2, 0.25) is 0 Å². The Labute approximate surface area is 115 Å². The minimum absolute atomic E-state index is 0.353. The number of carboxylic acid groups (broad SMARTS) is 1. The highest BCUT2D eigenvalue weighted by atomic mass is 16.4. The summed E-state index contributed by atoms with van der Waals surface area (Å²) in [6.07, 6.45) is 6.61. The summed E-state index contributed by atoms with van der Waals surface area (Å²) in [5.74, 6) is -0.0415. The van der Waals surface area contributed by atoms with Crippen LogP contribution in [0, 0.1) is 5.92 Å². The summed E-state index contributed by atoms with van der Waals surface area (Å²) in [6.45, 7) is 3.07. The van der Waals surface area contributed by atoms with Crippen molar-refractivity contribution in [1.29, 1.82) is 0 Å². The molecule has 0 heterocycles. The van der Waals surface area contributed by atoms with Gasteiger partial charge in [0, 0.05) is 12.6 Å². The fourth-order valence-electron chi connectivity index (χ4n) is 3.02. The Balaban J connectivity index is 1.88. The van der Waals surface area contributed by atoms with Gasteiger partial charge in [-0.15, -0.1) is 0 Å². The van der Waals surface area contributed by atoms with E-state index in [2.05, 4.69) is 12.2 Å². The molecule has 0 aliphatic heterocycles. The van der Waals surface area contributed by atoms with E-state index in [1.54, 1.807) is 12.1 Å². The number of carbonyl (C=O) groups is 1. The third-order valence-electron chi connectivity index (χ3n) is 4.18. The molecule has 3 nitrogen and oxygen atoms in total. The monoisotopic (exact) mass is 261 g/mol. The molecule has 1 aliphatic rings. The van der Waals surface area contributed by atoms with Crippen LogP contribution in [0.25, 0.3) is 0 Å². The highest BCUT2D eigenvalue weighted by molar-refractivity contribution is 5.87. The molecule has 1 aromatic rings. The molecule has 3 heteroatoms. The fourth-order valence-corrected chi connectivity index (χ4v) is 3.02. The van der Waals surface area contributed by atoms with Crippen molar-refractivity contribution >= 4 is 5.97 Å². The van der Waals surface area contributed by atoms with Crippen molar-refractivity contribution in [3.8, 4) is 0 Å². The average molecular weight is 261 g/mol. The van der Waals surface area contributed by atoms with Crippen LogP contribution in [0.3, 0.4) is 0 Å². The van der Waals surface area contributed by atoms with Crippen molar-refractivity contribution in [3.63, 3.8) is 0 Å². The topological polar surface area (TPSA) is 49.3 Å². The number of rotatable bonds is 6. The second-order valence-electron chi connectivity index (χ2n) is 5.44. The summed E-state index contributed by atoms with van der Waals surface area (Å²) in [4.78, 5) is 10.8. The summed E-state index contributed by atoms with van der Waals surface area (Å²) in [7, 11) is 0. The molecule has 0 bridgehead atoms. The molecule has 0 saturated heterocycles. The number of nitrogens with one attached hydrogen (secondary N) is 1. The van der Waals surface area contributed by atoms with Crippen LogP contribution in [-0.4, -0.2) is 17.1 Å². The quantitative estimate of drug-likeness (QED) is 0.824. The Morgan fingerprint density at radius 2 is 1.95 bits per heavy atom. The number of hydrogen-bond donors (Lipinski definition) is 2. The third-order valence-corrected chi connectivity index (χ3v) is 4.18. The Morgan fingerprint density at radius 3 is 2.47 bits per heavy atom. The lowest BCUT2D eigenvalue weighted by atomic mass is 9.95. The molecule has 0 amide bonds. The van der Waals surface area contributed by atoms with E-state index in [4.69, 9.17) is 5.11 Å². The summed E-state index contributed by atoms with van der Waals surface area (Å²) < 4.78 is 0. The molecule has 0 aromatic heterocycles. The van der Waals surface area contributed by atoms with Crippen molar-refractivity contribution in [2.24, 2.45) is 5.92 Å². The largest absolute Gasteiger partial charge is 0.478 e. The Morgan fingerprint density at radius 1 is 1.32 bits per heavy atom. The molecule has 1 aliphatic carbocycles. The van der Waals surface area contributed by atoms with Crippen molar-refractivity contribution in [2.45, 2.75) is 51.6 Å². The summed E-state index contributed by atoms with van der Waals surface area (Å²) in [6, 6.07) is 7.75. The lowest BCUT2D eigenvalue weighted by Crippen LogP contribution is -2.34. The van der Waals surface area contributed by atoms with Gasteiger partial charge < -0.3 is 10.4 Å². The number of aromatic carboxylic acids is 1. The minimum Gasteiger partial charge on any atom is -0.478 e. The Kier molecular flexibility index (Phi) is 4.97. The van der Waals surface area contributed by atoms with Gasteiger partial charge >= 0.3 is 5.97 Å². The predicted octanol–water partition coefficient (Wildman–Crippen LogP) is 3.44. The van der Waals surface area contributed by atoms with E-state index in [1.807, 2.05) is 12.1 Å². The van der Waals surface area contributed by atoms with Gasteiger partial charge in [-0.25, -0.2) is 4.79 Å². The highest BCUT2D eigenvalue weighted by Crippen LogP contribution is 2.29. The van der Waals surface area contributed by atoms with Gasteiger partial charge in [-0.3, -0.25) is 0 Å². The summed E-state index contributed by atoms with van der Waals surface area (Å²) in [5, 5.41) is 12.5. The van der Waals surface area contributed by atoms with Gasteiger partial charge in [-0.2, -0.15) is 0 Å². The zero-order chi connectivity index (χ0) is 13.7. The molecular formula is C16H23NO2. The highest BCUT2D eigenvalue weighted by Gasteiger charge is 2.22. The van der Waals surface area contributed by atoms with Crippen LogP contribution in [0.15, 0.2) is 24.3 Å². The molecule has 2 N–H and O–H groups in total. The molecule has 1 saturated carbocycles. The fraction of sp³-hybridized carbons (Fsp3) is 0.562. The SMILES string of the molecule is CCC(NCc1ccc(C(=O)O)cc1)C1CCCC1. The first-order valence-corrected chi connectivity index (χ1v) is 7.26. The van der Waals surface area contributed by atoms with Crippen molar-refractivity contribution in [3.05, 3.63) is 35.4 Å². The lowest BCUT2D eigenvalue weighted by Gasteiger charge is -2.23. The van der Waals surface area contributed by atoms with Crippen LogP contribution in [0.5, 0.6) is 0 Å². The first-order valence-electron chi connectivity index (χ1n) is 7.26. The molecule has 104 valence electrons. The second kappa shape index (κ2) is 6.71. The molecule has 1 unspecified atom stereocenters. The normalized spacial score (nSPS) is 17.5. The maximum Gasteiger partial charge on any atom is 0.335 e. The van der Waals surface area contributed by atoms with E-state index in [0.29, 0.717) is 11.6 Å². The van der Waals surface area contributed by atoms with Crippen LogP contribution in [0.4, 0.5) is 0 Å². The molecular weight excluding hydrogens is 238 g/mol. The second-order valence-corrected chi connectivity index (χ2v) is 5.44.